The van der Waals surface area contributed by atoms with Crippen LogP contribution in [-0.2, 0) is 0 Å². The predicted molar refractivity (Wildman–Crippen MR) is 66.1 cm³/mol. The third-order valence-electron chi connectivity index (χ3n) is 2.96. The number of carbonyl (C=O) groups is 1. The van der Waals surface area contributed by atoms with E-state index >= 15 is 0 Å². The van der Waals surface area contributed by atoms with Crippen LogP contribution in [0.4, 0.5) is 5.69 Å². The topological polar surface area (TPSA) is 32.3 Å². The lowest BCUT2D eigenvalue weighted by atomic mass is 10.1. The average Bonchev–Trinajstić information content (AvgIpc) is 2.27. The van der Waals surface area contributed by atoms with Crippen LogP contribution in [0.2, 0.25) is 0 Å². The summed E-state index contributed by atoms with van der Waals surface area (Å²) in [5.74, 6) is 0. The van der Waals surface area contributed by atoms with Crippen molar-refractivity contribution < 1.29 is 4.79 Å². The maximum absolute atomic E-state index is 11.0. The first kappa shape index (κ1) is 11.1. The van der Waals surface area contributed by atoms with E-state index in [4.69, 9.17) is 0 Å². The van der Waals surface area contributed by atoms with Crippen molar-refractivity contribution in [3.8, 4) is 0 Å². The lowest BCUT2D eigenvalue weighted by Gasteiger charge is -2.38. The summed E-state index contributed by atoms with van der Waals surface area (Å²) in [5, 5.41) is 3.49. The molecule has 0 amide bonds. The fourth-order valence-electron chi connectivity index (χ4n) is 2.40. The number of rotatable bonds is 2. The fourth-order valence-corrected chi connectivity index (χ4v) is 2.40. The van der Waals surface area contributed by atoms with Crippen LogP contribution < -0.4 is 10.2 Å². The molecule has 1 aliphatic heterocycles. The summed E-state index contributed by atoms with van der Waals surface area (Å²) in [6, 6.07) is 8.71. The molecule has 3 nitrogen and oxygen atoms in total. The van der Waals surface area contributed by atoms with E-state index in [9.17, 15) is 4.79 Å². The monoisotopic (exact) mass is 218 g/mol. The minimum atomic E-state index is 0.462. The molecule has 1 N–H and O–H groups in total. The van der Waals surface area contributed by atoms with E-state index in [-0.39, 0.29) is 0 Å². The van der Waals surface area contributed by atoms with Gasteiger partial charge >= 0.3 is 0 Å². The molecule has 1 fully saturated rings. The number of piperazine rings is 1. The van der Waals surface area contributed by atoms with Crippen molar-refractivity contribution in [2.75, 3.05) is 18.0 Å². The number of hydrogen-bond donors (Lipinski definition) is 1. The summed E-state index contributed by atoms with van der Waals surface area (Å²) >= 11 is 0. The third-order valence-corrected chi connectivity index (χ3v) is 2.96. The molecule has 2 atom stereocenters. The average molecular weight is 218 g/mol. The molecule has 2 unspecified atom stereocenters. The Labute approximate surface area is 96.5 Å². The summed E-state index contributed by atoms with van der Waals surface area (Å²) in [4.78, 5) is 13.3. The second-order valence-corrected chi connectivity index (χ2v) is 4.55. The second kappa shape index (κ2) is 4.66. The molecule has 1 aromatic carbocycles. The van der Waals surface area contributed by atoms with Crippen molar-refractivity contribution in [2.45, 2.75) is 25.9 Å². The molecule has 1 aromatic rings. The van der Waals surface area contributed by atoms with E-state index in [0.717, 1.165) is 30.6 Å². The molecule has 2 rings (SSSR count). The molecule has 1 saturated heterocycles. The van der Waals surface area contributed by atoms with Gasteiger partial charge in [-0.2, -0.15) is 0 Å². The Morgan fingerprint density at radius 1 is 1.25 bits per heavy atom. The summed E-state index contributed by atoms with van der Waals surface area (Å²) in [6.07, 6.45) is 0.937. The fraction of sp³-hybridized carbons (Fsp3) is 0.462. The van der Waals surface area contributed by atoms with Gasteiger partial charge < -0.3 is 10.2 Å². The van der Waals surface area contributed by atoms with Gasteiger partial charge in [0.25, 0.3) is 0 Å². The molecular formula is C13H18N2O. The smallest absolute Gasteiger partial charge is 0.152 e. The van der Waals surface area contributed by atoms with E-state index in [2.05, 4.69) is 24.1 Å². The zero-order valence-electron chi connectivity index (χ0n) is 9.81. The summed E-state index contributed by atoms with van der Waals surface area (Å²) < 4.78 is 0. The zero-order chi connectivity index (χ0) is 11.5. The van der Waals surface area contributed by atoms with Gasteiger partial charge in [0.15, 0.2) is 6.29 Å². The molecule has 0 radical (unpaired) electrons. The molecule has 0 saturated carbocycles. The summed E-state index contributed by atoms with van der Waals surface area (Å²) in [7, 11) is 0. The Morgan fingerprint density at radius 3 is 2.50 bits per heavy atom. The first-order valence-electron chi connectivity index (χ1n) is 5.76. The number of nitrogens with one attached hydrogen (secondary N) is 1. The first-order chi connectivity index (χ1) is 7.70. The molecule has 0 aliphatic carbocycles. The van der Waals surface area contributed by atoms with Crippen LogP contribution in [0.3, 0.4) is 0 Å². The molecule has 0 spiro atoms. The Kier molecular flexibility index (Phi) is 3.25. The maximum atomic E-state index is 11.0. The quantitative estimate of drug-likeness (QED) is 0.767. The van der Waals surface area contributed by atoms with Crippen LogP contribution >= 0.6 is 0 Å². The van der Waals surface area contributed by atoms with Gasteiger partial charge in [0.05, 0.1) is 0 Å². The van der Waals surface area contributed by atoms with Gasteiger partial charge in [-0.3, -0.25) is 4.79 Å². The second-order valence-electron chi connectivity index (χ2n) is 4.55. The van der Waals surface area contributed by atoms with Gasteiger partial charge in [-0.15, -0.1) is 0 Å². The van der Waals surface area contributed by atoms with Gasteiger partial charge in [-0.1, -0.05) is 12.1 Å². The van der Waals surface area contributed by atoms with Crippen LogP contribution in [0.5, 0.6) is 0 Å². The van der Waals surface area contributed by atoms with Crippen LogP contribution in [0.1, 0.15) is 24.2 Å². The number of benzene rings is 1. The molecule has 1 aliphatic rings. The number of anilines is 1. The van der Waals surface area contributed by atoms with Crippen molar-refractivity contribution in [3.63, 3.8) is 0 Å². The lowest BCUT2D eigenvalue weighted by molar-refractivity contribution is 0.112. The standard InChI is InChI=1S/C13H18N2O/c1-10-7-15(8-11(2)14-10)13-6-4-3-5-12(13)9-16/h3-6,9-11,14H,7-8H2,1-2H3. The molecule has 0 aromatic heterocycles. The number of aldehydes is 1. The number of hydrogen-bond acceptors (Lipinski definition) is 3. The van der Waals surface area contributed by atoms with Crippen LogP contribution in [0, 0.1) is 0 Å². The van der Waals surface area contributed by atoms with Gasteiger partial charge in [0.1, 0.15) is 0 Å². The normalized spacial score (nSPS) is 25.5. The number of para-hydroxylation sites is 1. The van der Waals surface area contributed by atoms with E-state index < -0.39 is 0 Å². The zero-order valence-corrected chi connectivity index (χ0v) is 9.81. The molecule has 86 valence electrons. The number of carbonyl (C=O) groups excluding carboxylic acids is 1. The largest absolute Gasteiger partial charge is 0.368 e. The summed E-state index contributed by atoms with van der Waals surface area (Å²) in [5.41, 5.74) is 1.83. The predicted octanol–water partition coefficient (Wildman–Crippen LogP) is 1.69. The minimum absolute atomic E-state index is 0.462. The Bertz CT molecular complexity index is 368. The van der Waals surface area contributed by atoms with Gasteiger partial charge in [0.2, 0.25) is 0 Å². The molecule has 0 bridgehead atoms. The van der Waals surface area contributed by atoms with Gasteiger partial charge in [-0.25, -0.2) is 0 Å². The third kappa shape index (κ3) is 2.25. The van der Waals surface area contributed by atoms with Gasteiger partial charge in [-0.05, 0) is 26.0 Å². The molecule has 3 heteroatoms. The Morgan fingerprint density at radius 2 is 1.88 bits per heavy atom. The molecule has 16 heavy (non-hydrogen) atoms. The van der Waals surface area contributed by atoms with Crippen LogP contribution in [0.15, 0.2) is 24.3 Å². The highest BCUT2D eigenvalue weighted by molar-refractivity contribution is 5.84. The molecule has 1 heterocycles. The minimum Gasteiger partial charge on any atom is -0.368 e. The highest BCUT2D eigenvalue weighted by Gasteiger charge is 2.22. The van der Waals surface area contributed by atoms with Crippen molar-refractivity contribution in [1.29, 1.82) is 0 Å². The van der Waals surface area contributed by atoms with Crippen LogP contribution in [0.25, 0.3) is 0 Å². The first-order valence-corrected chi connectivity index (χ1v) is 5.76. The SMILES string of the molecule is CC1CN(c2ccccc2C=O)CC(C)N1. The van der Waals surface area contributed by atoms with Crippen LogP contribution in [-0.4, -0.2) is 31.5 Å². The number of nitrogens with zero attached hydrogens (tertiary/aromatic N) is 1. The van der Waals surface area contributed by atoms with Crippen molar-refractivity contribution in [1.82, 2.24) is 5.32 Å². The van der Waals surface area contributed by atoms with E-state index in [1.807, 2.05) is 24.3 Å². The van der Waals surface area contributed by atoms with E-state index in [1.54, 1.807) is 0 Å². The van der Waals surface area contributed by atoms with E-state index in [1.165, 1.54) is 0 Å². The van der Waals surface area contributed by atoms with Crippen molar-refractivity contribution >= 4 is 12.0 Å². The Hall–Kier alpha value is -1.35. The maximum Gasteiger partial charge on any atom is 0.152 e. The molecular weight excluding hydrogens is 200 g/mol. The Balaban J connectivity index is 2.25. The van der Waals surface area contributed by atoms with Crippen molar-refractivity contribution in [3.05, 3.63) is 29.8 Å². The highest BCUT2D eigenvalue weighted by atomic mass is 16.1. The summed E-state index contributed by atoms with van der Waals surface area (Å²) in [6.45, 7) is 6.25. The van der Waals surface area contributed by atoms with Crippen molar-refractivity contribution in [2.24, 2.45) is 0 Å². The lowest BCUT2D eigenvalue weighted by Crippen LogP contribution is -2.54. The highest BCUT2D eigenvalue weighted by Crippen LogP contribution is 2.21. The van der Waals surface area contributed by atoms with E-state index in [0.29, 0.717) is 12.1 Å². The van der Waals surface area contributed by atoms with Gasteiger partial charge in [0, 0.05) is 36.4 Å².